The second-order valence-electron chi connectivity index (χ2n) is 5.30. The summed E-state index contributed by atoms with van der Waals surface area (Å²) in [6.45, 7) is 0. The summed E-state index contributed by atoms with van der Waals surface area (Å²) < 4.78 is 0.155. The molecule has 27 heavy (non-hydrogen) atoms. The van der Waals surface area contributed by atoms with Gasteiger partial charge in [0.25, 0.3) is 11.6 Å². The highest BCUT2D eigenvalue weighted by molar-refractivity contribution is 8.26. The van der Waals surface area contributed by atoms with E-state index in [4.69, 9.17) is 12.2 Å². The summed E-state index contributed by atoms with van der Waals surface area (Å²) in [6, 6.07) is 9.96. The standard InChI is InChI=1S/C17H11N3O5S2/c21-13-4-2-1-3-10(13)9-18-19-16(23)15(27-17(19)26)8-11-7-12(20(24)25)5-6-14(11)22/h1-9,21-22H/b15-8?,18-9+. The van der Waals surface area contributed by atoms with E-state index in [2.05, 4.69) is 5.10 Å². The first-order chi connectivity index (χ1) is 12.9. The SMILES string of the molecule is O=C1C(=Cc2cc([N+](=O)[O-])ccc2O)SC(=S)N1/N=C/c1ccccc1O. The van der Waals surface area contributed by atoms with Crippen molar-refractivity contribution in [3.63, 3.8) is 0 Å². The number of carbonyl (C=O) groups excluding carboxylic acids is 1. The molecular weight excluding hydrogens is 390 g/mol. The van der Waals surface area contributed by atoms with Crippen LogP contribution in [0.5, 0.6) is 11.5 Å². The number of hydrogen-bond acceptors (Lipinski definition) is 8. The third-order valence-electron chi connectivity index (χ3n) is 3.53. The van der Waals surface area contributed by atoms with Crippen LogP contribution in [0.25, 0.3) is 6.08 Å². The Kier molecular flexibility index (Phi) is 5.19. The monoisotopic (exact) mass is 401 g/mol. The number of benzene rings is 2. The van der Waals surface area contributed by atoms with Crippen molar-refractivity contribution in [3.05, 3.63) is 68.6 Å². The second kappa shape index (κ2) is 7.56. The molecule has 0 aliphatic carbocycles. The van der Waals surface area contributed by atoms with Crippen LogP contribution in [0.15, 0.2) is 52.5 Å². The molecule has 1 fully saturated rings. The Hall–Kier alpha value is -3.24. The number of phenolic OH excluding ortho intramolecular Hbond substituents is 2. The maximum Gasteiger partial charge on any atom is 0.286 e. The summed E-state index contributed by atoms with van der Waals surface area (Å²) in [5.41, 5.74) is 0.313. The predicted octanol–water partition coefficient (Wildman–Crippen LogP) is 3.24. The normalized spacial score (nSPS) is 15.9. The van der Waals surface area contributed by atoms with Gasteiger partial charge in [0.05, 0.1) is 16.0 Å². The Morgan fingerprint density at radius 2 is 1.85 bits per heavy atom. The van der Waals surface area contributed by atoms with Gasteiger partial charge in [-0.25, -0.2) is 0 Å². The minimum Gasteiger partial charge on any atom is -0.507 e. The molecule has 1 heterocycles. The van der Waals surface area contributed by atoms with E-state index < -0.39 is 10.8 Å². The highest BCUT2D eigenvalue weighted by atomic mass is 32.2. The van der Waals surface area contributed by atoms with Gasteiger partial charge in [0.1, 0.15) is 11.5 Å². The first kappa shape index (κ1) is 18.5. The molecule has 0 spiro atoms. The lowest BCUT2D eigenvalue weighted by Gasteiger charge is -2.06. The molecule has 10 heteroatoms. The zero-order chi connectivity index (χ0) is 19.6. The minimum atomic E-state index is -0.599. The number of para-hydroxylation sites is 1. The molecule has 0 bridgehead atoms. The van der Waals surface area contributed by atoms with E-state index in [1.54, 1.807) is 18.2 Å². The summed E-state index contributed by atoms with van der Waals surface area (Å²) in [7, 11) is 0. The molecule has 3 rings (SSSR count). The summed E-state index contributed by atoms with van der Waals surface area (Å²) in [4.78, 5) is 23.0. The van der Waals surface area contributed by atoms with Crippen molar-refractivity contribution in [2.24, 2.45) is 5.10 Å². The molecule has 0 radical (unpaired) electrons. The van der Waals surface area contributed by atoms with E-state index in [0.717, 1.165) is 28.9 Å². The molecule has 1 aliphatic rings. The number of thioether (sulfide) groups is 1. The van der Waals surface area contributed by atoms with Gasteiger partial charge < -0.3 is 10.2 Å². The van der Waals surface area contributed by atoms with Crippen molar-refractivity contribution >= 4 is 52.2 Å². The van der Waals surface area contributed by atoms with Crippen molar-refractivity contribution in [2.45, 2.75) is 0 Å². The molecule has 0 aromatic heterocycles. The van der Waals surface area contributed by atoms with E-state index in [9.17, 15) is 25.1 Å². The molecule has 1 saturated heterocycles. The molecule has 2 aromatic rings. The maximum absolute atomic E-state index is 12.5. The van der Waals surface area contributed by atoms with Gasteiger partial charge in [-0.2, -0.15) is 10.1 Å². The third-order valence-corrected chi connectivity index (χ3v) is 4.81. The van der Waals surface area contributed by atoms with E-state index in [0.29, 0.717) is 5.56 Å². The van der Waals surface area contributed by atoms with Crippen LogP contribution in [0.3, 0.4) is 0 Å². The first-order valence-electron chi connectivity index (χ1n) is 7.44. The maximum atomic E-state index is 12.5. The Morgan fingerprint density at radius 1 is 1.15 bits per heavy atom. The summed E-state index contributed by atoms with van der Waals surface area (Å²) in [6.07, 6.45) is 2.62. The van der Waals surface area contributed by atoms with Crippen LogP contribution in [0, 0.1) is 10.1 Å². The van der Waals surface area contributed by atoms with Gasteiger partial charge in [-0.15, -0.1) is 0 Å². The van der Waals surface area contributed by atoms with Gasteiger partial charge in [0.2, 0.25) is 0 Å². The fraction of sp³-hybridized carbons (Fsp3) is 0. The number of hydrazone groups is 1. The number of rotatable bonds is 4. The first-order valence-corrected chi connectivity index (χ1v) is 8.66. The van der Waals surface area contributed by atoms with Crippen molar-refractivity contribution in [3.8, 4) is 11.5 Å². The van der Waals surface area contributed by atoms with Gasteiger partial charge in [0.15, 0.2) is 4.32 Å². The molecule has 136 valence electrons. The van der Waals surface area contributed by atoms with E-state index >= 15 is 0 Å². The van der Waals surface area contributed by atoms with Crippen LogP contribution < -0.4 is 0 Å². The number of non-ortho nitro benzene ring substituents is 1. The lowest BCUT2D eigenvalue weighted by Crippen LogP contribution is -2.22. The zero-order valence-electron chi connectivity index (χ0n) is 13.5. The van der Waals surface area contributed by atoms with Crippen LogP contribution >= 0.6 is 24.0 Å². The topological polar surface area (TPSA) is 116 Å². The Morgan fingerprint density at radius 3 is 2.56 bits per heavy atom. The van der Waals surface area contributed by atoms with Crippen LogP contribution in [-0.2, 0) is 4.79 Å². The molecule has 0 unspecified atom stereocenters. The van der Waals surface area contributed by atoms with E-state index in [-0.39, 0.29) is 32.0 Å². The molecule has 2 N–H and O–H groups in total. The Balaban J connectivity index is 1.88. The van der Waals surface area contributed by atoms with E-state index in [1.807, 2.05) is 0 Å². The number of thiocarbonyl (C=S) groups is 1. The van der Waals surface area contributed by atoms with Crippen LogP contribution in [0.4, 0.5) is 5.69 Å². The lowest BCUT2D eigenvalue weighted by atomic mass is 10.1. The summed E-state index contributed by atoms with van der Waals surface area (Å²) >= 11 is 6.09. The lowest BCUT2D eigenvalue weighted by molar-refractivity contribution is -0.384. The molecule has 0 atom stereocenters. The van der Waals surface area contributed by atoms with Crippen LogP contribution in [0.1, 0.15) is 11.1 Å². The largest absolute Gasteiger partial charge is 0.507 e. The number of amides is 1. The van der Waals surface area contributed by atoms with Gasteiger partial charge in [-0.1, -0.05) is 23.9 Å². The van der Waals surface area contributed by atoms with Crippen LogP contribution in [-0.4, -0.2) is 36.6 Å². The average Bonchev–Trinajstić information content (AvgIpc) is 2.89. The van der Waals surface area contributed by atoms with Crippen LogP contribution in [0.2, 0.25) is 0 Å². The zero-order valence-corrected chi connectivity index (χ0v) is 15.1. The minimum absolute atomic E-state index is 0.00347. The smallest absolute Gasteiger partial charge is 0.286 e. The second-order valence-corrected chi connectivity index (χ2v) is 6.97. The predicted molar refractivity (Wildman–Crippen MR) is 105 cm³/mol. The number of hydrogen-bond donors (Lipinski definition) is 2. The average molecular weight is 401 g/mol. The van der Waals surface area contributed by atoms with Gasteiger partial charge in [-0.05, 0) is 36.5 Å². The van der Waals surface area contributed by atoms with E-state index in [1.165, 1.54) is 24.4 Å². The Labute approximate surface area is 162 Å². The summed E-state index contributed by atoms with van der Waals surface area (Å²) in [5.74, 6) is -0.741. The Bertz CT molecular complexity index is 1020. The van der Waals surface area contributed by atoms with Crippen molar-refractivity contribution in [1.82, 2.24) is 5.01 Å². The number of phenols is 2. The number of carbonyl (C=O) groups is 1. The fourth-order valence-electron chi connectivity index (χ4n) is 2.19. The highest BCUT2D eigenvalue weighted by Gasteiger charge is 2.32. The van der Waals surface area contributed by atoms with Gasteiger partial charge in [-0.3, -0.25) is 14.9 Å². The molecule has 8 nitrogen and oxygen atoms in total. The quantitative estimate of drug-likeness (QED) is 0.266. The molecule has 1 amide bonds. The van der Waals surface area contributed by atoms with Gasteiger partial charge >= 0.3 is 0 Å². The number of nitro benzene ring substituents is 1. The molecular formula is C17H11N3O5S2. The molecule has 0 saturated carbocycles. The number of nitrogens with zero attached hydrogens (tertiary/aromatic N) is 3. The van der Waals surface area contributed by atoms with Gasteiger partial charge in [0, 0.05) is 23.3 Å². The fourth-order valence-corrected chi connectivity index (χ4v) is 3.35. The van der Waals surface area contributed by atoms with Crippen molar-refractivity contribution in [1.29, 1.82) is 0 Å². The number of nitro groups is 1. The van der Waals surface area contributed by atoms with Crippen molar-refractivity contribution in [2.75, 3.05) is 0 Å². The highest BCUT2D eigenvalue weighted by Crippen LogP contribution is 2.35. The number of aromatic hydroxyl groups is 2. The summed E-state index contributed by atoms with van der Waals surface area (Å²) in [5, 5.41) is 35.5. The molecule has 2 aromatic carbocycles. The third kappa shape index (κ3) is 3.96. The molecule has 1 aliphatic heterocycles. The van der Waals surface area contributed by atoms with Crippen molar-refractivity contribution < 1.29 is 19.9 Å².